The second kappa shape index (κ2) is 17.7. The van der Waals surface area contributed by atoms with Gasteiger partial charge < -0.3 is 19.3 Å². The molecular formula is C24H32Cl6N4O8S2. The number of ether oxygens (including phenoxy) is 2. The van der Waals surface area contributed by atoms with Crippen LogP contribution in [0.25, 0.3) is 0 Å². The van der Waals surface area contributed by atoms with E-state index in [2.05, 4.69) is 0 Å². The molecule has 0 aliphatic heterocycles. The molecule has 0 aliphatic rings. The number of benzene rings is 2. The molecular weight excluding hydrogens is 749 g/mol. The molecule has 2 aromatic rings. The van der Waals surface area contributed by atoms with Crippen molar-refractivity contribution in [3.8, 4) is 11.5 Å². The van der Waals surface area contributed by atoms with Crippen molar-refractivity contribution in [2.24, 2.45) is 0 Å². The number of esters is 2. The zero-order chi connectivity index (χ0) is 32.2. The van der Waals surface area contributed by atoms with Gasteiger partial charge in [-0.15, -0.1) is 24.8 Å². The number of carbonyl (C=O) groups excluding carboxylic acids is 2. The van der Waals surface area contributed by atoms with Crippen LogP contribution in [0.1, 0.15) is 0 Å². The van der Waals surface area contributed by atoms with Crippen molar-refractivity contribution in [1.82, 2.24) is 18.4 Å². The van der Waals surface area contributed by atoms with Crippen LogP contribution in [-0.2, 0) is 29.6 Å². The summed E-state index contributed by atoms with van der Waals surface area (Å²) in [5.74, 6) is -4.81. The Bertz CT molecular complexity index is 1440. The van der Waals surface area contributed by atoms with Crippen molar-refractivity contribution in [1.29, 1.82) is 0 Å². The molecule has 0 heterocycles. The van der Waals surface area contributed by atoms with E-state index in [4.69, 9.17) is 55.9 Å². The Balaban J connectivity index is 0.00000924. The van der Waals surface area contributed by atoms with Gasteiger partial charge in [0.2, 0.25) is 20.0 Å². The maximum absolute atomic E-state index is 13.3. The maximum atomic E-state index is 13.3. The van der Waals surface area contributed by atoms with Crippen LogP contribution in [0.15, 0.2) is 34.1 Å². The first-order valence-corrected chi connectivity index (χ1v) is 16.3. The highest BCUT2D eigenvalue weighted by molar-refractivity contribution is 7.89. The summed E-state index contributed by atoms with van der Waals surface area (Å²) in [6.45, 7) is 0.847. The maximum Gasteiger partial charge on any atom is 0.423 e. The van der Waals surface area contributed by atoms with Crippen molar-refractivity contribution in [3.63, 3.8) is 0 Å². The predicted molar refractivity (Wildman–Crippen MR) is 175 cm³/mol. The first-order valence-electron chi connectivity index (χ1n) is 11.9. The lowest BCUT2D eigenvalue weighted by molar-refractivity contribution is -0.156. The van der Waals surface area contributed by atoms with Crippen LogP contribution in [0, 0.1) is 0 Å². The second-order valence-electron chi connectivity index (χ2n) is 9.47. The molecule has 44 heavy (non-hydrogen) atoms. The topological polar surface area (TPSA) is 134 Å². The lowest BCUT2D eigenvalue weighted by atomic mass is 10.3. The minimum absolute atomic E-state index is 0. The van der Waals surface area contributed by atoms with Gasteiger partial charge in [0.1, 0.15) is 9.79 Å². The monoisotopic (exact) mass is 778 g/mol. The van der Waals surface area contributed by atoms with Gasteiger partial charge >= 0.3 is 11.9 Å². The Labute approximate surface area is 289 Å². The molecule has 0 unspecified atom stereocenters. The van der Waals surface area contributed by atoms with Crippen molar-refractivity contribution in [2.45, 2.75) is 9.79 Å². The first kappa shape index (κ1) is 42.9. The molecule has 2 rings (SSSR count). The molecule has 250 valence electrons. The third-order valence-electron chi connectivity index (χ3n) is 5.61. The smallest absolute Gasteiger partial charge is 0.415 e. The minimum Gasteiger partial charge on any atom is -0.415 e. The van der Waals surface area contributed by atoms with Gasteiger partial charge in [0, 0.05) is 50.3 Å². The van der Waals surface area contributed by atoms with Crippen LogP contribution in [0.4, 0.5) is 0 Å². The van der Waals surface area contributed by atoms with Gasteiger partial charge in [-0.05, 0) is 52.5 Å². The van der Waals surface area contributed by atoms with Crippen LogP contribution >= 0.6 is 71.2 Å². The number of likely N-dealkylation sites (N-methyl/N-ethyl adjacent to an activating group) is 4. The number of halogens is 6. The Morgan fingerprint density at radius 2 is 0.886 bits per heavy atom. The molecule has 0 N–H and O–H groups in total. The number of hydrogen-bond acceptors (Lipinski definition) is 10. The summed E-state index contributed by atoms with van der Waals surface area (Å²) in [5, 5.41) is -0.941. The molecule has 20 heteroatoms. The lowest BCUT2D eigenvalue weighted by Gasteiger charge is -2.22. The summed E-state index contributed by atoms with van der Waals surface area (Å²) >= 11 is 24.4. The molecule has 0 aromatic heterocycles. The van der Waals surface area contributed by atoms with Gasteiger partial charge in [-0.2, -0.15) is 8.61 Å². The predicted octanol–water partition coefficient (Wildman–Crippen LogP) is 4.02. The average Bonchev–Trinajstić information content (AvgIpc) is 2.87. The van der Waals surface area contributed by atoms with Gasteiger partial charge in [-0.3, -0.25) is 0 Å². The van der Waals surface area contributed by atoms with Crippen LogP contribution in [-0.4, -0.2) is 116 Å². The lowest BCUT2D eigenvalue weighted by Crippen LogP contribution is -2.34. The molecule has 2 aromatic carbocycles. The Morgan fingerprint density at radius 3 is 1.16 bits per heavy atom. The summed E-state index contributed by atoms with van der Waals surface area (Å²) in [6.07, 6.45) is 0. The molecule has 0 bridgehead atoms. The van der Waals surface area contributed by atoms with E-state index >= 15 is 0 Å². The van der Waals surface area contributed by atoms with E-state index in [1.165, 1.54) is 14.1 Å². The molecule has 0 spiro atoms. The van der Waals surface area contributed by atoms with Gasteiger partial charge in [-0.25, -0.2) is 26.4 Å². The highest BCUT2D eigenvalue weighted by atomic mass is 35.5. The second-order valence-corrected chi connectivity index (χ2v) is 15.2. The van der Waals surface area contributed by atoms with Crippen molar-refractivity contribution >= 4 is 103 Å². The minimum atomic E-state index is -4.31. The molecule has 0 amide bonds. The summed E-state index contributed by atoms with van der Waals surface area (Å²) in [5.41, 5.74) is 0. The number of hydrogen-bond donors (Lipinski definition) is 0. The molecule has 0 saturated carbocycles. The zero-order valence-corrected chi connectivity index (χ0v) is 30.6. The van der Waals surface area contributed by atoms with E-state index in [0.29, 0.717) is 13.1 Å². The molecule has 0 atom stereocenters. The zero-order valence-electron chi connectivity index (χ0n) is 24.3. The van der Waals surface area contributed by atoms with Gasteiger partial charge in [0.05, 0.1) is 10.0 Å². The van der Waals surface area contributed by atoms with Crippen molar-refractivity contribution in [3.05, 3.63) is 44.4 Å². The van der Waals surface area contributed by atoms with E-state index in [1.807, 2.05) is 0 Å². The van der Waals surface area contributed by atoms with E-state index in [9.17, 15) is 26.4 Å². The number of rotatable bonds is 12. The van der Waals surface area contributed by atoms with E-state index in [-0.39, 0.29) is 47.9 Å². The largest absolute Gasteiger partial charge is 0.423 e. The van der Waals surface area contributed by atoms with Gasteiger partial charge in [-0.1, -0.05) is 46.4 Å². The van der Waals surface area contributed by atoms with Crippen LogP contribution < -0.4 is 9.47 Å². The Hall–Kier alpha value is -1.14. The van der Waals surface area contributed by atoms with Crippen LogP contribution in [0.3, 0.4) is 0 Å². The highest BCUT2D eigenvalue weighted by Crippen LogP contribution is 2.39. The number of carbonyl (C=O) groups is 2. The number of sulfonamides is 2. The standard InChI is InChI=1S/C24H30Cl4N4O8S2.2ClH/c1-29(2)7-9-31(5)41(35,36)19-13-15(25)11-17(27)21(19)39-23(33)24(34)40-22-18(28)12-16(26)14-20(22)42(37,38)32(6)10-8-30(3)4;;/h11-14H,7-10H2,1-6H3;2*1H. The Kier molecular flexibility index (Phi) is 17.2. The summed E-state index contributed by atoms with van der Waals surface area (Å²) in [6, 6.07) is 4.24. The third kappa shape index (κ3) is 11.0. The fraction of sp³-hybridized carbons (Fsp3) is 0.417. The van der Waals surface area contributed by atoms with E-state index in [1.54, 1.807) is 38.0 Å². The third-order valence-corrected chi connectivity index (χ3v) is 10.3. The average molecular weight is 781 g/mol. The summed E-state index contributed by atoms with van der Waals surface area (Å²) in [4.78, 5) is 28.0. The van der Waals surface area contributed by atoms with Crippen LogP contribution in [0.2, 0.25) is 20.1 Å². The number of nitrogens with zero attached hydrogens (tertiary/aromatic N) is 4. The quantitative estimate of drug-likeness (QED) is 0.177. The van der Waals surface area contributed by atoms with Crippen molar-refractivity contribution < 1.29 is 35.9 Å². The van der Waals surface area contributed by atoms with E-state index < -0.39 is 63.3 Å². The Morgan fingerprint density at radius 1 is 0.591 bits per heavy atom. The molecule has 0 aliphatic carbocycles. The fourth-order valence-electron chi connectivity index (χ4n) is 3.18. The SMILES string of the molecule is CN(C)CCN(C)S(=O)(=O)c1cc(Cl)cc(Cl)c1OC(=O)C(=O)Oc1c(Cl)cc(Cl)cc1S(=O)(=O)N(C)CCN(C)C.Cl.Cl. The van der Waals surface area contributed by atoms with Gasteiger partial charge in [0.25, 0.3) is 0 Å². The highest BCUT2D eigenvalue weighted by Gasteiger charge is 2.33. The normalized spacial score (nSPS) is 11.9. The van der Waals surface area contributed by atoms with E-state index in [0.717, 1.165) is 32.9 Å². The molecule has 0 saturated heterocycles. The summed E-state index contributed by atoms with van der Waals surface area (Å²) < 4.78 is 65.2. The fourth-order valence-corrected chi connectivity index (χ4v) is 7.13. The molecule has 0 radical (unpaired) electrons. The van der Waals surface area contributed by atoms with Crippen molar-refractivity contribution in [2.75, 3.05) is 68.5 Å². The first-order chi connectivity index (χ1) is 19.3. The molecule has 12 nitrogen and oxygen atoms in total. The summed E-state index contributed by atoms with van der Waals surface area (Å²) in [7, 11) is 0.972. The van der Waals surface area contributed by atoms with Gasteiger partial charge in [0.15, 0.2) is 11.5 Å². The molecule has 0 fully saturated rings. The van der Waals surface area contributed by atoms with Crippen LogP contribution in [0.5, 0.6) is 11.5 Å².